The number of para-hydroxylation sites is 2. The van der Waals surface area contributed by atoms with Crippen molar-refractivity contribution in [2.75, 3.05) is 13.2 Å². The van der Waals surface area contributed by atoms with Crippen LogP contribution in [0.1, 0.15) is 39.5 Å². The molecule has 1 aromatic carbocycles. The van der Waals surface area contributed by atoms with E-state index in [2.05, 4.69) is 11.4 Å². The molecule has 0 aliphatic heterocycles. The third-order valence-corrected chi connectivity index (χ3v) is 3.57. The lowest BCUT2D eigenvalue weighted by molar-refractivity contribution is 0.260. The second kappa shape index (κ2) is 7.33. The third kappa shape index (κ3) is 4.95. The molecule has 2 rings (SSSR count). The molecule has 0 aromatic heterocycles. The number of nitrogens with zero attached hydrogens (tertiary/aromatic N) is 1. The van der Waals surface area contributed by atoms with Crippen molar-refractivity contribution >= 4 is 0 Å². The lowest BCUT2D eigenvalue weighted by atomic mass is 9.98. The van der Waals surface area contributed by atoms with Crippen LogP contribution in [0.4, 0.5) is 0 Å². The highest BCUT2D eigenvalue weighted by molar-refractivity contribution is 5.39. The standard InChI is InChI=1S/C17H24N2O2/c1-3-20-15-7-4-5-8-16(15)21-12-6-11-17(2,13-18)19-14-9-10-14/h4-5,7-8,14,19H,3,6,9-12H2,1-2H3. The third-order valence-electron chi connectivity index (χ3n) is 3.57. The van der Waals surface area contributed by atoms with Crippen molar-refractivity contribution in [1.29, 1.82) is 5.26 Å². The van der Waals surface area contributed by atoms with Crippen LogP contribution in [0.2, 0.25) is 0 Å². The fraction of sp³-hybridized carbons (Fsp3) is 0.588. The summed E-state index contributed by atoms with van der Waals surface area (Å²) in [4.78, 5) is 0. The second-order valence-corrected chi connectivity index (χ2v) is 5.69. The smallest absolute Gasteiger partial charge is 0.161 e. The molecular formula is C17H24N2O2. The van der Waals surface area contributed by atoms with Gasteiger partial charge in [0.25, 0.3) is 0 Å². The molecule has 0 bridgehead atoms. The summed E-state index contributed by atoms with van der Waals surface area (Å²) in [5.41, 5.74) is -0.441. The van der Waals surface area contributed by atoms with Gasteiger partial charge in [-0.15, -0.1) is 0 Å². The lowest BCUT2D eigenvalue weighted by Crippen LogP contribution is -2.42. The Hall–Kier alpha value is -1.73. The fourth-order valence-corrected chi connectivity index (χ4v) is 2.29. The Morgan fingerprint density at radius 3 is 2.52 bits per heavy atom. The highest BCUT2D eigenvalue weighted by atomic mass is 16.5. The van der Waals surface area contributed by atoms with Crippen LogP contribution >= 0.6 is 0 Å². The zero-order valence-corrected chi connectivity index (χ0v) is 12.9. The molecule has 1 aromatic rings. The molecule has 114 valence electrons. The Kier molecular flexibility index (Phi) is 5.46. The SMILES string of the molecule is CCOc1ccccc1OCCCC(C)(C#N)NC1CC1. The minimum absolute atomic E-state index is 0.441. The maximum absolute atomic E-state index is 9.32. The number of benzene rings is 1. The molecule has 0 spiro atoms. The summed E-state index contributed by atoms with van der Waals surface area (Å²) in [6.45, 7) is 5.14. The van der Waals surface area contributed by atoms with Gasteiger partial charge in [0, 0.05) is 6.04 Å². The number of nitriles is 1. The quantitative estimate of drug-likeness (QED) is 0.709. The summed E-state index contributed by atoms with van der Waals surface area (Å²) < 4.78 is 11.3. The molecule has 4 nitrogen and oxygen atoms in total. The molecule has 0 amide bonds. The van der Waals surface area contributed by atoms with Crippen molar-refractivity contribution in [3.8, 4) is 17.6 Å². The summed E-state index contributed by atoms with van der Waals surface area (Å²) in [6, 6.07) is 10.6. The number of hydrogen-bond acceptors (Lipinski definition) is 4. The van der Waals surface area contributed by atoms with Crippen LogP contribution in [0.3, 0.4) is 0 Å². The van der Waals surface area contributed by atoms with E-state index in [1.54, 1.807) is 0 Å². The van der Waals surface area contributed by atoms with Crippen molar-refractivity contribution in [2.24, 2.45) is 0 Å². The molecule has 1 aliphatic rings. The van der Waals surface area contributed by atoms with Gasteiger partial charge in [0.05, 0.1) is 19.3 Å². The van der Waals surface area contributed by atoms with E-state index in [0.29, 0.717) is 19.3 Å². The Bertz CT molecular complexity index is 494. The Morgan fingerprint density at radius 2 is 1.95 bits per heavy atom. The maximum Gasteiger partial charge on any atom is 0.161 e. The van der Waals surface area contributed by atoms with Crippen molar-refractivity contribution in [3.63, 3.8) is 0 Å². The summed E-state index contributed by atoms with van der Waals surface area (Å²) in [5.74, 6) is 1.55. The summed E-state index contributed by atoms with van der Waals surface area (Å²) in [6.07, 6.45) is 4.01. The number of nitrogens with one attached hydrogen (secondary N) is 1. The van der Waals surface area contributed by atoms with Gasteiger partial charge >= 0.3 is 0 Å². The Morgan fingerprint density at radius 1 is 1.29 bits per heavy atom. The van der Waals surface area contributed by atoms with Gasteiger partial charge < -0.3 is 9.47 Å². The molecule has 0 heterocycles. The summed E-state index contributed by atoms with van der Waals surface area (Å²) in [5, 5.41) is 12.7. The molecular weight excluding hydrogens is 264 g/mol. The van der Waals surface area contributed by atoms with E-state index in [4.69, 9.17) is 9.47 Å². The predicted molar refractivity (Wildman–Crippen MR) is 82.5 cm³/mol. The van der Waals surface area contributed by atoms with Gasteiger partial charge in [-0.3, -0.25) is 5.32 Å². The van der Waals surface area contributed by atoms with Gasteiger partial charge in [-0.25, -0.2) is 0 Å². The summed E-state index contributed by atoms with van der Waals surface area (Å²) >= 11 is 0. The Labute approximate surface area is 127 Å². The molecule has 1 N–H and O–H groups in total. The molecule has 1 saturated carbocycles. The molecule has 1 aliphatic carbocycles. The van der Waals surface area contributed by atoms with Crippen molar-refractivity contribution < 1.29 is 9.47 Å². The number of rotatable bonds is 9. The van der Waals surface area contributed by atoms with E-state index in [-0.39, 0.29) is 0 Å². The van der Waals surface area contributed by atoms with Crippen LogP contribution in [0.5, 0.6) is 11.5 Å². The monoisotopic (exact) mass is 288 g/mol. The average Bonchev–Trinajstić information content (AvgIpc) is 3.29. The first-order valence-corrected chi connectivity index (χ1v) is 7.70. The highest BCUT2D eigenvalue weighted by Crippen LogP contribution is 2.27. The van der Waals surface area contributed by atoms with Gasteiger partial charge in [0.15, 0.2) is 11.5 Å². The maximum atomic E-state index is 9.32. The van der Waals surface area contributed by atoms with Crippen molar-refractivity contribution in [3.05, 3.63) is 24.3 Å². The van der Waals surface area contributed by atoms with Gasteiger partial charge in [0.1, 0.15) is 5.54 Å². The molecule has 1 unspecified atom stereocenters. The molecule has 1 atom stereocenters. The highest BCUT2D eigenvalue weighted by Gasteiger charge is 2.31. The van der Waals surface area contributed by atoms with Crippen molar-refractivity contribution in [2.45, 2.75) is 51.1 Å². The first-order valence-electron chi connectivity index (χ1n) is 7.70. The zero-order valence-electron chi connectivity index (χ0n) is 12.9. The zero-order chi connectivity index (χ0) is 15.1. The van der Waals surface area contributed by atoms with E-state index < -0.39 is 5.54 Å². The van der Waals surface area contributed by atoms with E-state index in [0.717, 1.165) is 24.3 Å². The first kappa shape index (κ1) is 15.7. The topological polar surface area (TPSA) is 54.3 Å². The van der Waals surface area contributed by atoms with E-state index >= 15 is 0 Å². The molecule has 1 fully saturated rings. The minimum atomic E-state index is -0.441. The van der Waals surface area contributed by atoms with E-state index in [1.165, 1.54) is 12.8 Å². The van der Waals surface area contributed by atoms with Gasteiger partial charge in [-0.2, -0.15) is 5.26 Å². The van der Waals surface area contributed by atoms with Crippen LogP contribution < -0.4 is 14.8 Å². The molecule has 0 radical (unpaired) electrons. The van der Waals surface area contributed by atoms with Gasteiger partial charge in [0.2, 0.25) is 0 Å². The predicted octanol–water partition coefficient (Wildman–Crippen LogP) is 3.28. The van der Waals surface area contributed by atoms with Gasteiger partial charge in [-0.1, -0.05) is 12.1 Å². The largest absolute Gasteiger partial charge is 0.490 e. The molecule has 21 heavy (non-hydrogen) atoms. The van der Waals surface area contributed by atoms with Crippen LogP contribution in [-0.4, -0.2) is 24.8 Å². The Balaban J connectivity index is 1.77. The van der Waals surface area contributed by atoms with Crippen LogP contribution in [-0.2, 0) is 0 Å². The fourth-order valence-electron chi connectivity index (χ4n) is 2.29. The molecule has 4 heteroatoms. The second-order valence-electron chi connectivity index (χ2n) is 5.69. The number of hydrogen-bond donors (Lipinski definition) is 1. The molecule has 0 saturated heterocycles. The van der Waals surface area contributed by atoms with Crippen molar-refractivity contribution in [1.82, 2.24) is 5.32 Å². The van der Waals surface area contributed by atoms with E-state index in [9.17, 15) is 5.26 Å². The van der Waals surface area contributed by atoms with Crippen LogP contribution in [0, 0.1) is 11.3 Å². The van der Waals surface area contributed by atoms with E-state index in [1.807, 2.05) is 38.1 Å². The minimum Gasteiger partial charge on any atom is -0.490 e. The van der Waals surface area contributed by atoms with Crippen LogP contribution in [0.15, 0.2) is 24.3 Å². The first-order chi connectivity index (χ1) is 10.2. The van der Waals surface area contributed by atoms with Gasteiger partial charge in [-0.05, 0) is 51.7 Å². The van der Waals surface area contributed by atoms with Crippen LogP contribution in [0.25, 0.3) is 0 Å². The number of ether oxygens (including phenoxy) is 2. The normalized spacial score (nSPS) is 16.8. The summed E-state index contributed by atoms with van der Waals surface area (Å²) in [7, 11) is 0. The average molecular weight is 288 g/mol. The lowest BCUT2D eigenvalue weighted by Gasteiger charge is -2.23.